The van der Waals surface area contributed by atoms with Crippen molar-refractivity contribution in [2.75, 3.05) is 0 Å². The van der Waals surface area contributed by atoms with E-state index >= 15 is 0 Å². The van der Waals surface area contributed by atoms with Gasteiger partial charge in [0.25, 0.3) is 0 Å². The number of carboxylic acids is 2. The maximum absolute atomic E-state index is 10.8. The molecule has 1 aromatic carbocycles. The number of aliphatic carboxylic acids is 2. The summed E-state index contributed by atoms with van der Waals surface area (Å²) in [6, 6.07) is 6.38. The third-order valence-electron chi connectivity index (χ3n) is 2.65. The quantitative estimate of drug-likeness (QED) is 0.690. The molecular formula is C12H11ClO4-2. The summed E-state index contributed by atoms with van der Waals surface area (Å²) in [5, 5.41) is 22.1. The molecule has 5 heteroatoms. The van der Waals surface area contributed by atoms with Crippen molar-refractivity contribution in [2.24, 2.45) is 5.92 Å². The van der Waals surface area contributed by atoms with Crippen molar-refractivity contribution in [3.63, 3.8) is 0 Å². The van der Waals surface area contributed by atoms with Gasteiger partial charge in [0.2, 0.25) is 0 Å². The number of carboxylic acid groups (broad SMARTS) is 2. The second kappa shape index (κ2) is 5.68. The predicted molar refractivity (Wildman–Crippen MR) is 58.0 cm³/mol. The molecule has 0 saturated carbocycles. The Hall–Kier alpha value is -1.55. The van der Waals surface area contributed by atoms with Gasteiger partial charge >= 0.3 is 0 Å². The highest BCUT2D eigenvalue weighted by Crippen LogP contribution is 2.28. The fourth-order valence-electron chi connectivity index (χ4n) is 1.80. The van der Waals surface area contributed by atoms with Crippen LogP contribution in [0.15, 0.2) is 24.3 Å². The molecule has 0 heterocycles. The van der Waals surface area contributed by atoms with Gasteiger partial charge in [-0.05, 0) is 30.0 Å². The standard InChI is InChI=1S/C12H13ClO4/c1-2-9(10(11(14)15)12(16)17)7-3-5-8(13)6-4-7/h3-6,9-10H,2H2,1H3,(H,14,15)(H,16,17)/p-2/t9-/m1/s1. The van der Waals surface area contributed by atoms with Crippen molar-refractivity contribution in [1.82, 2.24) is 0 Å². The molecule has 4 nitrogen and oxygen atoms in total. The summed E-state index contributed by atoms with van der Waals surface area (Å²) >= 11 is 5.71. The lowest BCUT2D eigenvalue weighted by molar-refractivity contribution is -0.332. The fourth-order valence-corrected chi connectivity index (χ4v) is 1.92. The minimum atomic E-state index is -1.65. The van der Waals surface area contributed by atoms with Gasteiger partial charge < -0.3 is 19.8 Å². The van der Waals surface area contributed by atoms with E-state index in [2.05, 4.69) is 0 Å². The van der Waals surface area contributed by atoms with Crippen molar-refractivity contribution in [3.05, 3.63) is 34.9 Å². The molecule has 0 aliphatic carbocycles. The van der Waals surface area contributed by atoms with Gasteiger partial charge in [0, 0.05) is 10.9 Å². The average molecular weight is 255 g/mol. The lowest BCUT2D eigenvalue weighted by Crippen LogP contribution is -2.46. The van der Waals surface area contributed by atoms with Crippen molar-refractivity contribution in [1.29, 1.82) is 0 Å². The second-order valence-electron chi connectivity index (χ2n) is 3.68. The largest absolute Gasteiger partial charge is 0.549 e. The predicted octanol–water partition coefficient (Wildman–Crippen LogP) is -0.0504. The van der Waals surface area contributed by atoms with Crippen molar-refractivity contribution in [2.45, 2.75) is 19.3 Å². The van der Waals surface area contributed by atoms with Crippen LogP contribution in [-0.4, -0.2) is 11.9 Å². The summed E-state index contributed by atoms with van der Waals surface area (Å²) in [6.07, 6.45) is 0.355. The lowest BCUT2D eigenvalue weighted by Gasteiger charge is -2.28. The van der Waals surface area contributed by atoms with Crippen LogP contribution in [0.1, 0.15) is 24.8 Å². The first-order valence-electron chi connectivity index (χ1n) is 5.14. The zero-order chi connectivity index (χ0) is 13.0. The Labute approximate surface area is 104 Å². The summed E-state index contributed by atoms with van der Waals surface area (Å²) in [5.41, 5.74) is 0.593. The molecule has 0 N–H and O–H groups in total. The van der Waals surface area contributed by atoms with Gasteiger partial charge in [0.1, 0.15) is 0 Å². The number of halogens is 1. The van der Waals surface area contributed by atoms with Crippen LogP contribution in [0.4, 0.5) is 0 Å². The minimum absolute atomic E-state index is 0.355. The van der Waals surface area contributed by atoms with E-state index in [1.165, 1.54) is 0 Å². The summed E-state index contributed by atoms with van der Waals surface area (Å²) < 4.78 is 0. The van der Waals surface area contributed by atoms with Crippen molar-refractivity contribution >= 4 is 23.5 Å². The van der Waals surface area contributed by atoms with Crippen LogP contribution >= 0.6 is 11.6 Å². The first-order chi connectivity index (χ1) is 7.97. The van der Waals surface area contributed by atoms with E-state index in [1.807, 2.05) is 0 Å². The van der Waals surface area contributed by atoms with E-state index in [0.717, 1.165) is 0 Å². The lowest BCUT2D eigenvalue weighted by atomic mass is 9.84. The third kappa shape index (κ3) is 3.20. The average Bonchev–Trinajstić information content (AvgIpc) is 2.26. The molecule has 0 aliphatic heterocycles. The fraction of sp³-hybridized carbons (Fsp3) is 0.333. The highest BCUT2D eigenvalue weighted by atomic mass is 35.5. The molecule has 0 spiro atoms. The van der Waals surface area contributed by atoms with E-state index in [1.54, 1.807) is 31.2 Å². The molecular weight excluding hydrogens is 244 g/mol. The molecule has 0 saturated heterocycles. The van der Waals surface area contributed by atoms with Gasteiger partial charge in [-0.15, -0.1) is 0 Å². The van der Waals surface area contributed by atoms with Crippen LogP contribution in [0.25, 0.3) is 0 Å². The van der Waals surface area contributed by atoms with E-state index in [9.17, 15) is 19.8 Å². The first-order valence-corrected chi connectivity index (χ1v) is 5.52. The molecule has 0 unspecified atom stereocenters. The monoisotopic (exact) mass is 254 g/mol. The van der Waals surface area contributed by atoms with Crippen LogP contribution < -0.4 is 10.2 Å². The highest BCUT2D eigenvalue weighted by molar-refractivity contribution is 6.30. The van der Waals surface area contributed by atoms with Crippen molar-refractivity contribution in [3.8, 4) is 0 Å². The van der Waals surface area contributed by atoms with Gasteiger partial charge in [0.05, 0.1) is 11.9 Å². The first kappa shape index (κ1) is 13.5. The van der Waals surface area contributed by atoms with Crippen molar-refractivity contribution < 1.29 is 19.8 Å². The number of benzene rings is 1. The Morgan fingerprint density at radius 2 is 1.65 bits per heavy atom. The SMILES string of the molecule is CC[C@H](c1ccc(Cl)cc1)C(C(=O)[O-])C(=O)[O-]. The molecule has 0 amide bonds. The van der Waals surface area contributed by atoms with Gasteiger partial charge in [-0.25, -0.2) is 0 Å². The summed E-state index contributed by atoms with van der Waals surface area (Å²) in [5.74, 6) is -5.60. The Balaban J connectivity index is 3.08. The molecule has 0 fully saturated rings. The zero-order valence-corrected chi connectivity index (χ0v) is 9.94. The molecule has 0 bridgehead atoms. The zero-order valence-electron chi connectivity index (χ0n) is 9.18. The second-order valence-corrected chi connectivity index (χ2v) is 4.12. The van der Waals surface area contributed by atoms with Crippen LogP contribution in [0.5, 0.6) is 0 Å². The number of rotatable bonds is 5. The molecule has 92 valence electrons. The summed E-state index contributed by atoms with van der Waals surface area (Å²) in [7, 11) is 0. The Morgan fingerprint density at radius 3 is 2.00 bits per heavy atom. The van der Waals surface area contributed by atoms with Crippen LogP contribution in [0.3, 0.4) is 0 Å². The Bertz CT molecular complexity index is 399. The topological polar surface area (TPSA) is 80.3 Å². The van der Waals surface area contributed by atoms with E-state index in [-0.39, 0.29) is 0 Å². The molecule has 0 aromatic heterocycles. The van der Waals surface area contributed by atoms with E-state index < -0.39 is 23.8 Å². The van der Waals surface area contributed by atoms with Gasteiger partial charge in [-0.3, -0.25) is 0 Å². The molecule has 1 atom stereocenters. The molecule has 1 rings (SSSR count). The number of carbonyl (C=O) groups is 2. The number of hydrogen-bond acceptors (Lipinski definition) is 4. The molecule has 0 aliphatic rings. The molecule has 0 radical (unpaired) electrons. The summed E-state index contributed by atoms with van der Waals surface area (Å²) in [6.45, 7) is 1.71. The minimum Gasteiger partial charge on any atom is -0.549 e. The number of hydrogen-bond donors (Lipinski definition) is 0. The Morgan fingerprint density at radius 1 is 1.18 bits per heavy atom. The van der Waals surface area contributed by atoms with Crippen LogP contribution in [-0.2, 0) is 9.59 Å². The van der Waals surface area contributed by atoms with E-state index in [4.69, 9.17) is 11.6 Å². The van der Waals surface area contributed by atoms with Crippen LogP contribution in [0, 0.1) is 5.92 Å². The highest BCUT2D eigenvalue weighted by Gasteiger charge is 2.24. The Kier molecular flexibility index (Phi) is 4.52. The number of carbonyl (C=O) groups excluding carboxylic acids is 2. The molecule has 17 heavy (non-hydrogen) atoms. The smallest absolute Gasteiger partial charge is 0.0507 e. The molecule has 1 aromatic rings. The van der Waals surface area contributed by atoms with Crippen LogP contribution in [0.2, 0.25) is 5.02 Å². The normalized spacial score (nSPS) is 12.4. The van der Waals surface area contributed by atoms with E-state index in [0.29, 0.717) is 17.0 Å². The maximum Gasteiger partial charge on any atom is 0.0507 e. The van der Waals surface area contributed by atoms with Gasteiger partial charge in [0.15, 0.2) is 0 Å². The van der Waals surface area contributed by atoms with Gasteiger partial charge in [-0.2, -0.15) is 0 Å². The summed E-state index contributed by atoms with van der Waals surface area (Å²) in [4.78, 5) is 21.6. The third-order valence-corrected chi connectivity index (χ3v) is 2.90. The maximum atomic E-state index is 10.8. The van der Waals surface area contributed by atoms with Gasteiger partial charge in [-0.1, -0.05) is 30.7 Å².